The van der Waals surface area contributed by atoms with E-state index in [1.54, 1.807) is 0 Å². The monoisotopic (exact) mass is 253 g/mol. The Balaban J connectivity index is 1.49. The van der Waals surface area contributed by atoms with E-state index in [-0.39, 0.29) is 0 Å². The molecule has 4 rings (SSSR count). The average Bonchev–Trinajstić information content (AvgIpc) is 2.78. The summed E-state index contributed by atoms with van der Waals surface area (Å²) in [4.78, 5) is 14.7. The van der Waals surface area contributed by atoms with Crippen molar-refractivity contribution in [3.8, 4) is 0 Å². The second-order valence-electron chi connectivity index (χ2n) is 6.50. The zero-order valence-electron chi connectivity index (χ0n) is 10.1. The van der Waals surface area contributed by atoms with Crippen molar-refractivity contribution >= 4 is 17.5 Å². The molecule has 4 aliphatic rings. The molecule has 17 heavy (non-hydrogen) atoms. The van der Waals surface area contributed by atoms with Gasteiger partial charge in [-0.05, 0) is 55.8 Å². The van der Waals surface area contributed by atoms with Crippen molar-refractivity contribution in [3.05, 3.63) is 0 Å². The van der Waals surface area contributed by atoms with Crippen molar-refractivity contribution in [3.63, 3.8) is 0 Å². The van der Waals surface area contributed by atoms with Gasteiger partial charge in [0.1, 0.15) is 0 Å². The fourth-order valence-corrected chi connectivity index (χ4v) is 5.45. The zero-order valence-corrected chi connectivity index (χ0v) is 10.9. The molecule has 5 unspecified atom stereocenters. The van der Waals surface area contributed by atoms with Crippen LogP contribution in [0, 0.1) is 29.6 Å². The van der Waals surface area contributed by atoms with Gasteiger partial charge in [-0.25, -0.2) is 0 Å². The Morgan fingerprint density at radius 1 is 1.18 bits per heavy atom. The maximum Gasteiger partial charge on any atom is 0.226 e. The Bertz CT molecular complexity index is 342. The second kappa shape index (κ2) is 3.63. The van der Waals surface area contributed by atoms with E-state index in [9.17, 15) is 4.79 Å². The first-order chi connectivity index (χ1) is 8.31. The van der Waals surface area contributed by atoms with E-state index in [2.05, 4.69) is 4.90 Å². The summed E-state index contributed by atoms with van der Waals surface area (Å²) >= 11 is 5.97. The topological polar surface area (TPSA) is 20.3 Å². The van der Waals surface area contributed by atoms with Crippen LogP contribution in [0.15, 0.2) is 0 Å². The number of halogens is 1. The van der Waals surface area contributed by atoms with Gasteiger partial charge < -0.3 is 4.90 Å². The molecule has 5 atom stereocenters. The molecule has 1 heterocycles. The predicted octanol–water partition coefficient (Wildman–Crippen LogP) is 2.51. The van der Waals surface area contributed by atoms with Gasteiger partial charge in [0.25, 0.3) is 0 Å². The van der Waals surface area contributed by atoms with E-state index in [0.717, 1.165) is 43.1 Å². The molecule has 1 saturated heterocycles. The summed E-state index contributed by atoms with van der Waals surface area (Å²) in [6, 6.07) is 0.336. The van der Waals surface area contributed by atoms with E-state index in [4.69, 9.17) is 11.6 Å². The number of alkyl halides is 1. The molecule has 0 aromatic carbocycles. The first-order valence-electron chi connectivity index (χ1n) is 7.17. The molecule has 1 aliphatic heterocycles. The van der Waals surface area contributed by atoms with Crippen molar-refractivity contribution in [1.29, 1.82) is 0 Å². The maximum absolute atomic E-state index is 12.6. The van der Waals surface area contributed by atoms with Crippen molar-refractivity contribution in [2.24, 2.45) is 29.6 Å². The van der Waals surface area contributed by atoms with E-state index >= 15 is 0 Å². The van der Waals surface area contributed by atoms with Crippen LogP contribution >= 0.6 is 11.6 Å². The number of rotatable bonds is 2. The lowest BCUT2D eigenvalue weighted by atomic mass is 10.0. The van der Waals surface area contributed by atoms with E-state index in [0.29, 0.717) is 23.7 Å². The minimum Gasteiger partial charge on any atom is -0.338 e. The molecule has 2 nitrogen and oxygen atoms in total. The van der Waals surface area contributed by atoms with E-state index in [1.807, 2.05) is 0 Å². The summed E-state index contributed by atoms with van der Waals surface area (Å²) < 4.78 is 0. The van der Waals surface area contributed by atoms with Gasteiger partial charge >= 0.3 is 0 Å². The lowest BCUT2D eigenvalue weighted by Gasteiger charge is -2.24. The van der Waals surface area contributed by atoms with Crippen LogP contribution < -0.4 is 0 Å². The molecule has 0 radical (unpaired) electrons. The second-order valence-corrected chi connectivity index (χ2v) is 6.80. The third-order valence-electron chi connectivity index (χ3n) is 5.86. The average molecular weight is 254 g/mol. The smallest absolute Gasteiger partial charge is 0.226 e. The fraction of sp³-hybridized carbons (Fsp3) is 0.929. The molecule has 94 valence electrons. The SMILES string of the molecule is O=C(C1C2C3CCC(C3)C12)N1CCCC1CCl. The van der Waals surface area contributed by atoms with Gasteiger partial charge in [-0.3, -0.25) is 4.79 Å². The summed E-state index contributed by atoms with van der Waals surface area (Å²) in [5.41, 5.74) is 0. The minimum absolute atomic E-state index is 0.336. The Labute approximate surface area is 108 Å². The number of carbonyl (C=O) groups is 1. The van der Waals surface area contributed by atoms with Crippen LogP contribution in [0.25, 0.3) is 0 Å². The molecule has 0 spiro atoms. The van der Waals surface area contributed by atoms with Gasteiger partial charge in [-0.1, -0.05) is 0 Å². The molecule has 4 fully saturated rings. The number of nitrogens with zero attached hydrogens (tertiary/aromatic N) is 1. The van der Waals surface area contributed by atoms with Crippen LogP contribution in [0.4, 0.5) is 0 Å². The van der Waals surface area contributed by atoms with E-state index < -0.39 is 0 Å². The molecule has 0 N–H and O–H groups in total. The summed E-state index contributed by atoms with van der Waals surface area (Å²) in [6.07, 6.45) is 6.49. The Morgan fingerprint density at radius 3 is 2.53 bits per heavy atom. The van der Waals surface area contributed by atoms with Crippen LogP contribution in [-0.2, 0) is 4.79 Å². The van der Waals surface area contributed by atoms with Crippen LogP contribution in [0.3, 0.4) is 0 Å². The zero-order chi connectivity index (χ0) is 11.6. The van der Waals surface area contributed by atoms with Crippen molar-refractivity contribution in [2.45, 2.75) is 38.1 Å². The lowest BCUT2D eigenvalue weighted by Crippen LogP contribution is -2.38. The molecule has 1 amide bonds. The van der Waals surface area contributed by atoms with Crippen LogP contribution in [0.1, 0.15) is 32.1 Å². The highest BCUT2D eigenvalue weighted by Crippen LogP contribution is 2.69. The van der Waals surface area contributed by atoms with Gasteiger partial charge in [0.2, 0.25) is 5.91 Å². The normalized spacial score (nSPS) is 50.8. The van der Waals surface area contributed by atoms with Crippen molar-refractivity contribution in [2.75, 3.05) is 12.4 Å². The third kappa shape index (κ3) is 1.36. The first-order valence-corrected chi connectivity index (χ1v) is 7.71. The van der Waals surface area contributed by atoms with Crippen LogP contribution in [-0.4, -0.2) is 29.3 Å². The van der Waals surface area contributed by atoms with Crippen molar-refractivity contribution in [1.82, 2.24) is 4.90 Å². The molecule has 2 bridgehead atoms. The van der Waals surface area contributed by atoms with Gasteiger partial charge in [-0.2, -0.15) is 0 Å². The lowest BCUT2D eigenvalue weighted by molar-refractivity contribution is -0.134. The predicted molar refractivity (Wildman–Crippen MR) is 66.8 cm³/mol. The van der Waals surface area contributed by atoms with Crippen LogP contribution in [0.5, 0.6) is 0 Å². The highest BCUT2D eigenvalue weighted by molar-refractivity contribution is 6.18. The number of fused-ring (bicyclic) bond motifs is 5. The van der Waals surface area contributed by atoms with Crippen molar-refractivity contribution < 1.29 is 4.79 Å². The molecule has 0 aromatic heterocycles. The summed E-state index contributed by atoms with van der Waals surface area (Å²) in [5, 5.41) is 0. The molecule has 3 heteroatoms. The van der Waals surface area contributed by atoms with Gasteiger partial charge in [0.05, 0.1) is 0 Å². The molecule has 3 aliphatic carbocycles. The highest BCUT2D eigenvalue weighted by atomic mass is 35.5. The Hall–Kier alpha value is -0.240. The number of likely N-dealkylation sites (tertiary alicyclic amines) is 1. The van der Waals surface area contributed by atoms with Gasteiger partial charge in [0.15, 0.2) is 0 Å². The molecular formula is C14H20ClNO. The Kier molecular flexibility index (Phi) is 2.28. The fourth-order valence-electron chi connectivity index (χ4n) is 5.13. The van der Waals surface area contributed by atoms with Crippen LogP contribution in [0.2, 0.25) is 0 Å². The van der Waals surface area contributed by atoms with Gasteiger partial charge in [0, 0.05) is 24.4 Å². The molecule has 3 saturated carbocycles. The number of amides is 1. The number of carbonyl (C=O) groups excluding carboxylic acids is 1. The minimum atomic E-state index is 0.336. The largest absolute Gasteiger partial charge is 0.338 e. The summed E-state index contributed by atoms with van der Waals surface area (Å²) in [7, 11) is 0. The summed E-state index contributed by atoms with van der Waals surface area (Å²) in [6.45, 7) is 0.960. The highest BCUT2D eigenvalue weighted by Gasteiger charge is 2.68. The quantitative estimate of drug-likeness (QED) is 0.693. The standard InChI is InChI=1S/C14H20ClNO/c15-7-10-2-1-5-16(10)14(17)13-11-8-3-4-9(6-8)12(11)13/h8-13H,1-7H2. The van der Waals surface area contributed by atoms with Gasteiger partial charge in [-0.15, -0.1) is 11.6 Å². The summed E-state index contributed by atoms with van der Waals surface area (Å²) in [5.74, 6) is 4.84. The first kappa shape index (κ1) is 10.7. The molecule has 0 aromatic rings. The Morgan fingerprint density at radius 2 is 1.88 bits per heavy atom. The van der Waals surface area contributed by atoms with E-state index in [1.165, 1.54) is 19.3 Å². The third-order valence-corrected chi connectivity index (χ3v) is 6.22. The number of hydrogen-bond acceptors (Lipinski definition) is 1. The number of hydrogen-bond donors (Lipinski definition) is 0. The molecular weight excluding hydrogens is 234 g/mol. The maximum atomic E-state index is 12.6.